The molecular weight excluding hydrogens is 232 g/mol. The van der Waals surface area contributed by atoms with Gasteiger partial charge in [0.1, 0.15) is 6.04 Å². The number of nitrogens with zero attached hydrogens (tertiary/aromatic N) is 3. The number of carbonyl (C=O) groups is 1. The summed E-state index contributed by atoms with van der Waals surface area (Å²) in [4.78, 5) is 15.0. The third-order valence-electron chi connectivity index (χ3n) is 2.90. The predicted molar refractivity (Wildman–Crippen MR) is 67.2 cm³/mol. The number of aryl methyl sites for hydroxylation is 2. The van der Waals surface area contributed by atoms with Gasteiger partial charge in [0.05, 0.1) is 5.69 Å². The Balaban J connectivity index is 2.20. The molecule has 1 unspecified atom stereocenters. The normalized spacial score (nSPS) is 12.8. The lowest BCUT2D eigenvalue weighted by molar-refractivity contribution is -0.139. The quantitative estimate of drug-likeness (QED) is 0.838. The number of nitrogens with one attached hydrogen (secondary N) is 1. The summed E-state index contributed by atoms with van der Waals surface area (Å²) in [5.74, 6) is -0.860. The molecule has 0 saturated heterocycles. The van der Waals surface area contributed by atoms with Crippen LogP contribution in [-0.2, 0) is 18.4 Å². The molecule has 0 spiro atoms. The van der Waals surface area contributed by atoms with E-state index in [9.17, 15) is 4.79 Å². The van der Waals surface area contributed by atoms with Crippen molar-refractivity contribution in [2.45, 2.75) is 26.4 Å². The summed E-state index contributed by atoms with van der Waals surface area (Å²) < 4.78 is 1.74. The van der Waals surface area contributed by atoms with Crippen LogP contribution in [0.25, 0.3) is 11.0 Å². The standard InChI is InChI=1S/C12H16N4O2/c1-7-10-4-9(5-13-8(2)12(17)18)6-14-11(10)16(3)15-7/h4,6,8,13H,5H2,1-3H3,(H,17,18). The summed E-state index contributed by atoms with van der Waals surface area (Å²) in [5.41, 5.74) is 2.71. The van der Waals surface area contributed by atoms with E-state index < -0.39 is 12.0 Å². The molecule has 0 aromatic carbocycles. The molecule has 0 radical (unpaired) electrons. The molecule has 6 heteroatoms. The van der Waals surface area contributed by atoms with Crippen LogP contribution in [0.5, 0.6) is 0 Å². The summed E-state index contributed by atoms with van der Waals surface area (Å²) in [6.45, 7) is 4.02. The van der Waals surface area contributed by atoms with Gasteiger partial charge in [0.2, 0.25) is 0 Å². The molecule has 2 heterocycles. The van der Waals surface area contributed by atoms with Crippen LogP contribution in [-0.4, -0.2) is 31.9 Å². The lowest BCUT2D eigenvalue weighted by Gasteiger charge is -2.08. The van der Waals surface area contributed by atoms with E-state index in [1.54, 1.807) is 17.8 Å². The van der Waals surface area contributed by atoms with Gasteiger partial charge in [-0.05, 0) is 25.5 Å². The van der Waals surface area contributed by atoms with Crippen LogP contribution in [0.1, 0.15) is 18.2 Å². The highest BCUT2D eigenvalue weighted by Crippen LogP contribution is 2.16. The minimum Gasteiger partial charge on any atom is -0.480 e. The second-order valence-corrected chi connectivity index (χ2v) is 4.36. The Hall–Kier alpha value is -1.95. The average Bonchev–Trinajstić information content (AvgIpc) is 2.61. The molecule has 2 aromatic rings. The fourth-order valence-corrected chi connectivity index (χ4v) is 1.81. The first-order valence-electron chi connectivity index (χ1n) is 5.73. The zero-order chi connectivity index (χ0) is 13.3. The second kappa shape index (κ2) is 4.73. The third-order valence-corrected chi connectivity index (χ3v) is 2.90. The molecule has 0 aliphatic heterocycles. The molecule has 1 atom stereocenters. The maximum absolute atomic E-state index is 10.7. The van der Waals surface area contributed by atoms with Crippen LogP contribution in [0.15, 0.2) is 12.3 Å². The average molecular weight is 248 g/mol. The van der Waals surface area contributed by atoms with Gasteiger partial charge < -0.3 is 10.4 Å². The number of rotatable bonds is 4. The first kappa shape index (κ1) is 12.5. The molecule has 0 saturated carbocycles. The summed E-state index contributed by atoms with van der Waals surface area (Å²) in [5, 5.41) is 17.0. The van der Waals surface area contributed by atoms with Crippen molar-refractivity contribution in [2.24, 2.45) is 7.05 Å². The van der Waals surface area contributed by atoms with Gasteiger partial charge in [0.25, 0.3) is 0 Å². The largest absolute Gasteiger partial charge is 0.480 e. The van der Waals surface area contributed by atoms with Crippen molar-refractivity contribution in [1.29, 1.82) is 0 Å². The van der Waals surface area contributed by atoms with Gasteiger partial charge in [-0.25, -0.2) is 4.98 Å². The smallest absolute Gasteiger partial charge is 0.320 e. The van der Waals surface area contributed by atoms with Gasteiger partial charge in [0.15, 0.2) is 5.65 Å². The number of carboxylic acids is 1. The molecule has 2 rings (SSSR count). The highest BCUT2D eigenvalue weighted by Gasteiger charge is 2.11. The summed E-state index contributed by atoms with van der Waals surface area (Å²) in [6.07, 6.45) is 1.74. The Morgan fingerprint density at radius 3 is 3.00 bits per heavy atom. The van der Waals surface area contributed by atoms with Crippen molar-refractivity contribution in [3.8, 4) is 0 Å². The van der Waals surface area contributed by atoms with Gasteiger partial charge >= 0.3 is 5.97 Å². The van der Waals surface area contributed by atoms with Gasteiger partial charge in [0, 0.05) is 25.2 Å². The van der Waals surface area contributed by atoms with Crippen molar-refractivity contribution >= 4 is 17.0 Å². The maximum atomic E-state index is 10.7. The van der Waals surface area contributed by atoms with Crippen LogP contribution < -0.4 is 5.32 Å². The Morgan fingerprint density at radius 2 is 2.33 bits per heavy atom. The fraction of sp³-hybridized carbons (Fsp3) is 0.417. The monoisotopic (exact) mass is 248 g/mol. The van der Waals surface area contributed by atoms with Crippen molar-refractivity contribution in [3.63, 3.8) is 0 Å². The molecular formula is C12H16N4O2. The Bertz CT molecular complexity index is 591. The highest BCUT2D eigenvalue weighted by atomic mass is 16.4. The molecule has 6 nitrogen and oxygen atoms in total. The number of pyridine rings is 1. The number of hydrogen-bond donors (Lipinski definition) is 2. The lowest BCUT2D eigenvalue weighted by Crippen LogP contribution is -2.33. The van der Waals surface area contributed by atoms with Gasteiger partial charge in [-0.15, -0.1) is 0 Å². The molecule has 18 heavy (non-hydrogen) atoms. The van der Waals surface area contributed by atoms with Crippen LogP contribution >= 0.6 is 0 Å². The lowest BCUT2D eigenvalue weighted by atomic mass is 10.2. The van der Waals surface area contributed by atoms with Crippen molar-refractivity contribution in [3.05, 3.63) is 23.5 Å². The van der Waals surface area contributed by atoms with Gasteiger partial charge in [-0.3, -0.25) is 9.48 Å². The molecule has 2 aromatic heterocycles. The molecule has 0 aliphatic carbocycles. The fourth-order valence-electron chi connectivity index (χ4n) is 1.81. The summed E-state index contributed by atoms with van der Waals surface area (Å²) in [6, 6.07) is 1.42. The van der Waals surface area contributed by atoms with E-state index in [0.29, 0.717) is 6.54 Å². The molecule has 0 bridgehead atoms. The minimum absolute atomic E-state index is 0.477. The number of hydrogen-bond acceptors (Lipinski definition) is 4. The zero-order valence-corrected chi connectivity index (χ0v) is 10.6. The molecule has 0 amide bonds. The number of carboxylic acid groups (broad SMARTS) is 1. The third kappa shape index (κ3) is 2.33. The van der Waals surface area contributed by atoms with E-state index in [4.69, 9.17) is 5.11 Å². The summed E-state index contributed by atoms with van der Waals surface area (Å²) in [7, 11) is 1.85. The van der Waals surface area contributed by atoms with E-state index in [1.165, 1.54) is 0 Å². The second-order valence-electron chi connectivity index (χ2n) is 4.36. The molecule has 96 valence electrons. The van der Waals surface area contributed by atoms with Crippen molar-refractivity contribution < 1.29 is 9.90 Å². The Labute approximate surface area is 105 Å². The van der Waals surface area contributed by atoms with E-state index in [1.807, 2.05) is 20.0 Å². The first-order chi connectivity index (χ1) is 8.49. The van der Waals surface area contributed by atoms with Crippen molar-refractivity contribution in [1.82, 2.24) is 20.1 Å². The van der Waals surface area contributed by atoms with E-state index in [2.05, 4.69) is 15.4 Å². The summed E-state index contributed by atoms with van der Waals surface area (Å²) >= 11 is 0. The van der Waals surface area contributed by atoms with Crippen LogP contribution in [0, 0.1) is 6.92 Å². The number of aromatic nitrogens is 3. The van der Waals surface area contributed by atoms with Crippen molar-refractivity contribution in [2.75, 3.05) is 0 Å². The van der Waals surface area contributed by atoms with Crippen LogP contribution in [0.4, 0.5) is 0 Å². The van der Waals surface area contributed by atoms with E-state index >= 15 is 0 Å². The van der Waals surface area contributed by atoms with E-state index in [0.717, 1.165) is 22.3 Å². The number of aliphatic carboxylic acids is 1. The maximum Gasteiger partial charge on any atom is 0.320 e. The first-order valence-corrected chi connectivity index (χ1v) is 5.73. The van der Waals surface area contributed by atoms with E-state index in [-0.39, 0.29) is 0 Å². The topological polar surface area (TPSA) is 80.0 Å². The van der Waals surface area contributed by atoms with Gasteiger partial charge in [-0.1, -0.05) is 0 Å². The molecule has 2 N–H and O–H groups in total. The predicted octanol–water partition coefficient (Wildman–Crippen LogP) is 0.839. The SMILES string of the molecule is Cc1nn(C)c2ncc(CNC(C)C(=O)O)cc12. The minimum atomic E-state index is -0.860. The van der Waals surface area contributed by atoms with Crippen LogP contribution in [0.2, 0.25) is 0 Å². The molecule has 0 fully saturated rings. The molecule has 0 aliphatic rings. The number of fused-ring (bicyclic) bond motifs is 1. The Kier molecular flexibility index (Phi) is 3.29. The highest BCUT2D eigenvalue weighted by molar-refractivity contribution is 5.78. The zero-order valence-electron chi connectivity index (χ0n) is 10.6. The Morgan fingerprint density at radius 1 is 1.61 bits per heavy atom. The van der Waals surface area contributed by atoms with Gasteiger partial charge in [-0.2, -0.15) is 5.10 Å². The van der Waals surface area contributed by atoms with Crippen LogP contribution in [0.3, 0.4) is 0 Å².